The summed E-state index contributed by atoms with van der Waals surface area (Å²) < 4.78 is 1.06. The number of carboxylic acids is 1. The van der Waals surface area contributed by atoms with Crippen molar-refractivity contribution in [2.45, 2.75) is 32.2 Å². The first-order chi connectivity index (χ1) is 9.75. The minimum Gasteiger partial charge on any atom is -0.477 e. The van der Waals surface area contributed by atoms with E-state index in [0.717, 1.165) is 28.1 Å². The number of benzene rings is 1. The molecular formula is C16H19NO2S. The Morgan fingerprint density at radius 1 is 1.35 bits per heavy atom. The summed E-state index contributed by atoms with van der Waals surface area (Å²) in [7, 11) is 0. The Kier molecular flexibility index (Phi) is 4.03. The fourth-order valence-corrected chi connectivity index (χ4v) is 3.81. The van der Waals surface area contributed by atoms with Crippen LogP contribution in [0.1, 0.15) is 40.9 Å². The Morgan fingerprint density at radius 2 is 2.15 bits per heavy atom. The van der Waals surface area contributed by atoms with Gasteiger partial charge in [-0.15, -0.1) is 11.3 Å². The van der Waals surface area contributed by atoms with Crippen LogP contribution in [-0.2, 0) is 6.54 Å². The number of hydrogen-bond acceptors (Lipinski definition) is 3. The summed E-state index contributed by atoms with van der Waals surface area (Å²) in [5, 5.41) is 13.8. The van der Waals surface area contributed by atoms with Crippen LogP contribution in [-0.4, -0.2) is 17.6 Å². The maximum atomic E-state index is 11.4. The summed E-state index contributed by atoms with van der Waals surface area (Å²) >= 11 is 1.37. The van der Waals surface area contributed by atoms with Crippen molar-refractivity contribution in [3.63, 3.8) is 0 Å². The molecule has 1 aliphatic rings. The highest BCUT2D eigenvalue weighted by molar-refractivity contribution is 7.21. The average Bonchev–Trinajstić information content (AvgIpc) is 2.76. The molecule has 3 rings (SSSR count). The topological polar surface area (TPSA) is 49.3 Å². The fourth-order valence-electron chi connectivity index (χ4n) is 2.75. The van der Waals surface area contributed by atoms with Gasteiger partial charge in [0.05, 0.1) is 0 Å². The third-order valence-corrected chi connectivity index (χ3v) is 5.35. The van der Waals surface area contributed by atoms with E-state index in [-0.39, 0.29) is 0 Å². The van der Waals surface area contributed by atoms with Gasteiger partial charge in [0, 0.05) is 11.2 Å². The third-order valence-electron chi connectivity index (χ3n) is 4.15. The predicted octanol–water partition coefficient (Wildman–Crippen LogP) is 3.88. The number of rotatable bonds is 6. The Hall–Kier alpha value is -1.39. The Bertz CT molecular complexity index is 616. The van der Waals surface area contributed by atoms with Crippen LogP contribution in [0, 0.1) is 5.92 Å². The van der Waals surface area contributed by atoms with Crippen LogP contribution in [0.15, 0.2) is 24.3 Å². The first kappa shape index (κ1) is 13.6. The molecule has 4 heteroatoms. The quantitative estimate of drug-likeness (QED) is 0.793. The second kappa shape index (κ2) is 5.94. The lowest BCUT2D eigenvalue weighted by Gasteiger charge is -2.25. The van der Waals surface area contributed by atoms with Crippen LogP contribution in [0.5, 0.6) is 0 Å². The summed E-state index contributed by atoms with van der Waals surface area (Å²) in [5.74, 6) is 0.0719. The second-order valence-corrected chi connectivity index (χ2v) is 6.53. The SMILES string of the molecule is O=C(O)c1sc2ccccc2c1CNCCC1CCC1. The molecule has 0 unspecified atom stereocenters. The Labute approximate surface area is 122 Å². The van der Waals surface area contributed by atoms with Crippen molar-refractivity contribution < 1.29 is 9.90 Å². The lowest BCUT2D eigenvalue weighted by molar-refractivity contribution is 0.0701. The molecule has 1 aromatic heterocycles. The van der Waals surface area contributed by atoms with Gasteiger partial charge in [-0.3, -0.25) is 0 Å². The van der Waals surface area contributed by atoms with Crippen molar-refractivity contribution in [1.82, 2.24) is 5.32 Å². The maximum Gasteiger partial charge on any atom is 0.346 e. The third kappa shape index (κ3) is 2.72. The van der Waals surface area contributed by atoms with Crippen molar-refractivity contribution in [3.8, 4) is 0 Å². The molecule has 0 saturated heterocycles. The number of hydrogen-bond donors (Lipinski definition) is 2. The predicted molar refractivity (Wildman–Crippen MR) is 82.4 cm³/mol. The number of carboxylic acid groups (broad SMARTS) is 1. The van der Waals surface area contributed by atoms with Crippen LogP contribution in [0.4, 0.5) is 0 Å². The van der Waals surface area contributed by atoms with Gasteiger partial charge in [-0.25, -0.2) is 4.79 Å². The van der Waals surface area contributed by atoms with Crippen LogP contribution >= 0.6 is 11.3 Å². The van der Waals surface area contributed by atoms with Crippen molar-refractivity contribution in [2.75, 3.05) is 6.54 Å². The Balaban J connectivity index is 1.71. The molecule has 3 nitrogen and oxygen atoms in total. The molecule has 0 atom stereocenters. The van der Waals surface area contributed by atoms with Gasteiger partial charge in [0.1, 0.15) is 4.88 Å². The van der Waals surface area contributed by atoms with Gasteiger partial charge in [-0.1, -0.05) is 37.5 Å². The number of thiophene rings is 1. The van der Waals surface area contributed by atoms with Gasteiger partial charge >= 0.3 is 5.97 Å². The normalized spacial score (nSPS) is 15.4. The monoisotopic (exact) mass is 289 g/mol. The van der Waals surface area contributed by atoms with E-state index >= 15 is 0 Å². The highest BCUT2D eigenvalue weighted by Crippen LogP contribution is 2.31. The van der Waals surface area contributed by atoms with Crippen molar-refractivity contribution >= 4 is 27.4 Å². The molecule has 20 heavy (non-hydrogen) atoms. The molecule has 1 fully saturated rings. The van der Waals surface area contributed by atoms with E-state index < -0.39 is 5.97 Å². The first-order valence-corrected chi connectivity index (χ1v) is 8.02. The highest BCUT2D eigenvalue weighted by Gasteiger charge is 2.18. The number of aromatic carboxylic acids is 1. The lowest BCUT2D eigenvalue weighted by Crippen LogP contribution is -2.21. The van der Waals surface area contributed by atoms with Gasteiger partial charge in [0.2, 0.25) is 0 Å². The highest BCUT2D eigenvalue weighted by atomic mass is 32.1. The fraction of sp³-hybridized carbons (Fsp3) is 0.438. The number of fused-ring (bicyclic) bond motifs is 1. The molecule has 106 valence electrons. The van der Waals surface area contributed by atoms with Gasteiger partial charge in [-0.05, 0) is 35.9 Å². The second-order valence-electron chi connectivity index (χ2n) is 5.47. The van der Waals surface area contributed by atoms with Gasteiger partial charge < -0.3 is 10.4 Å². The zero-order valence-electron chi connectivity index (χ0n) is 11.4. The van der Waals surface area contributed by atoms with Crippen molar-refractivity contribution in [2.24, 2.45) is 5.92 Å². The minimum atomic E-state index is -0.818. The largest absolute Gasteiger partial charge is 0.477 e. The minimum absolute atomic E-state index is 0.474. The molecule has 0 radical (unpaired) electrons. The van der Waals surface area contributed by atoms with E-state index in [0.29, 0.717) is 11.4 Å². The van der Waals surface area contributed by atoms with E-state index in [1.54, 1.807) is 0 Å². The van der Waals surface area contributed by atoms with E-state index in [1.807, 2.05) is 24.3 Å². The number of nitrogens with one attached hydrogen (secondary N) is 1. The summed E-state index contributed by atoms with van der Waals surface area (Å²) in [6, 6.07) is 7.93. The standard InChI is InChI=1S/C16H19NO2S/c18-16(19)15-13(10-17-9-8-11-4-3-5-11)12-6-1-2-7-14(12)20-15/h1-2,6-7,11,17H,3-5,8-10H2,(H,18,19). The molecule has 0 bridgehead atoms. The van der Waals surface area contributed by atoms with E-state index in [1.165, 1.54) is 37.0 Å². The van der Waals surface area contributed by atoms with E-state index in [4.69, 9.17) is 0 Å². The summed E-state index contributed by atoms with van der Waals surface area (Å²) in [4.78, 5) is 11.8. The Morgan fingerprint density at radius 3 is 2.85 bits per heavy atom. The summed E-state index contributed by atoms with van der Waals surface area (Å²) in [6.07, 6.45) is 5.32. The molecule has 2 N–H and O–H groups in total. The van der Waals surface area contributed by atoms with Crippen LogP contribution < -0.4 is 5.32 Å². The van der Waals surface area contributed by atoms with Crippen LogP contribution in [0.25, 0.3) is 10.1 Å². The molecule has 1 aliphatic carbocycles. The molecule has 1 saturated carbocycles. The van der Waals surface area contributed by atoms with Crippen LogP contribution in [0.3, 0.4) is 0 Å². The molecule has 0 amide bonds. The van der Waals surface area contributed by atoms with Crippen molar-refractivity contribution in [1.29, 1.82) is 0 Å². The van der Waals surface area contributed by atoms with E-state index in [2.05, 4.69) is 5.32 Å². The summed E-state index contributed by atoms with van der Waals surface area (Å²) in [6.45, 7) is 1.63. The van der Waals surface area contributed by atoms with Gasteiger partial charge in [-0.2, -0.15) is 0 Å². The van der Waals surface area contributed by atoms with Crippen LogP contribution in [0.2, 0.25) is 0 Å². The molecule has 0 spiro atoms. The molecular weight excluding hydrogens is 270 g/mol. The smallest absolute Gasteiger partial charge is 0.346 e. The molecule has 2 aromatic rings. The lowest BCUT2D eigenvalue weighted by atomic mass is 9.83. The summed E-state index contributed by atoms with van der Waals surface area (Å²) in [5.41, 5.74) is 0.937. The average molecular weight is 289 g/mol. The zero-order chi connectivity index (χ0) is 13.9. The van der Waals surface area contributed by atoms with E-state index in [9.17, 15) is 9.90 Å². The molecule has 0 aliphatic heterocycles. The maximum absolute atomic E-state index is 11.4. The number of carbonyl (C=O) groups is 1. The van der Waals surface area contributed by atoms with Crippen molar-refractivity contribution in [3.05, 3.63) is 34.7 Å². The zero-order valence-corrected chi connectivity index (χ0v) is 12.2. The van der Waals surface area contributed by atoms with Gasteiger partial charge in [0.25, 0.3) is 0 Å². The molecule has 1 aromatic carbocycles. The molecule has 1 heterocycles. The first-order valence-electron chi connectivity index (χ1n) is 7.20. The van der Waals surface area contributed by atoms with Gasteiger partial charge in [0.15, 0.2) is 0 Å².